The summed E-state index contributed by atoms with van der Waals surface area (Å²) in [4.78, 5) is 4.05. The van der Waals surface area contributed by atoms with Crippen LogP contribution in [-0.2, 0) is 10.0 Å². The Labute approximate surface area is 114 Å². The number of pyridine rings is 1. The Morgan fingerprint density at radius 2 is 2.21 bits per heavy atom. The van der Waals surface area contributed by atoms with Crippen LogP contribution in [0.3, 0.4) is 0 Å². The van der Waals surface area contributed by atoms with Gasteiger partial charge < -0.3 is 5.43 Å². The molecule has 7 heteroatoms. The van der Waals surface area contributed by atoms with E-state index in [0.717, 1.165) is 25.7 Å². The second-order valence-corrected chi connectivity index (χ2v) is 6.69. The zero-order valence-corrected chi connectivity index (χ0v) is 11.9. The Morgan fingerprint density at radius 3 is 2.95 bits per heavy atom. The van der Waals surface area contributed by atoms with Gasteiger partial charge in [-0.1, -0.05) is 12.8 Å². The molecule has 2 rings (SSSR count). The highest BCUT2D eigenvalue weighted by Gasteiger charge is 2.31. The number of sulfonamides is 1. The fourth-order valence-corrected chi connectivity index (χ4v) is 4.24. The minimum absolute atomic E-state index is 0.0123. The first kappa shape index (κ1) is 14.2. The number of rotatable bonds is 3. The van der Waals surface area contributed by atoms with Crippen molar-refractivity contribution in [2.24, 2.45) is 5.84 Å². The third kappa shape index (κ3) is 2.88. The van der Waals surface area contributed by atoms with Crippen molar-refractivity contribution in [3.63, 3.8) is 0 Å². The number of nitrogen functional groups attached to an aromatic ring is 1. The molecule has 1 aliphatic heterocycles. The summed E-state index contributed by atoms with van der Waals surface area (Å²) < 4.78 is 27.0. The summed E-state index contributed by atoms with van der Waals surface area (Å²) in [6.45, 7) is 2.51. The Bertz CT molecular complexity index is 532. The average molecular weight is 284 g/mol. The highest BCUT2D eigenvalue weighted by atomic mass is 32.2. The molecule has 6 nitrogen and oxygen atoms in total. The van der Waals surface area contributed by atoms with E-state index in [-0.39, 0.29) is 10.9 Å². The van der Waals surface area contributed by atoms with Crippen molar-refractivity contribution in [3.8, 4) is 0 Å². The summed E-state index contributed by atoms with van der Waals surface area (Å²) in [7, 11) is -3.55. The van der Waals surface area contributed by atoms with Crippen molar-refractivity contribution in [2.75, 3.05) is 12.0 Å². The third-order valence-corrected chi connectivity index (χ3v) is 5.56. The van der Waals surface area contributed by atoms with Gasteiger partial charge >= 0.3 is 0 Å². The third-order valence-electron chi connectivity index (χ3n) is 3.52. The van der Waals surface area contributed by atoms with Crippen LogP contribution in [0, 0.1) is 0 Å². The van der Waals surface area contributed by atoms with E-state index in [9.17, 15) is 8.42 Å². The van der Waals surface area contributed by atoms with Crippen LogP contribution in [0.1, 0.15) is 32.6 Å². The molecular formula is C12H20N4O2S. The molecule has 19 heavy (non-hydrogen) atoms. The van der Waals surface area contributed by atoms with Crippen molar-refractivity contribution in [2.45, 2.75) is 43.5 Å². The molecular weight excluding hydrogens is 264 g/mol. The van der Waals surface area contributed by atoms with Crippen molar-refractivity contribution in [3.05, 3.63) is 18.5 Å². The molecule has 1 atom stereocenters. The van der Waals surface area contributed by atoms with Gasteiger partial charge in [-0.15, -0.1) is 0 Å². The fourth-order valence-electron chi connectivity index (χ4n) is 2.44. The maximum Gasteiger partial charge on any atom is 0.246 e. The van der Waals surface area contributed by atoms with E-state index in [2.05, 4.69) is 10.4 Å². The van der Waals surface area contributed by atoms with Crippen LogP contribution in [0.25, 0.3) is 0 Å². The maximum atomic E-state index is 12.7. The van der Waals surface area contributed by atoms with E-state index in [1.165, 1.54) is 12.4 Å². The van der Waals surface area contributed by atoms with E-state index in [4.69, 9.17) is 5.84 Å². The smallest absolute Gasteiger partial charge is 0.246 e. The molecule has 0 radical (unpaired) electrons. The van der Waals surface area contributed by atoms with Gasteiger partial charge in [0.2, 0.25) is 10.0 Å². The molecule has 1 fully saturated rings. The minimum Gasteiger partial charge on any atom is -0.323 e. The quantitative estimate of drug-likeness (QED) is 0.645. The van der Waals surface area contributed by atoms with Crippen LogP contribution >= 0.6 is 0 Å². The number of anilines is 1. The number of hydrogen-bond acceptors (Lipinski definition) is 5. The number of hydrogen-bond donors (Lipinski definition) is 2. The normalized spacial score (nSPS) is 21.9. The molecule has 1 aromatic rings. The van der Waals surface area contributed by atoms with E-state index >= 15 is 0 Å². The highest BCUT2D eigenvalue weighted by molar-refractivity contribution is 7.89. The minimum atomic E-state index is -3.55. The number of nitrogens with two attached hydrogens (primary N) is 1. The van der Waals surface area contributed by atoms with Crippen molar-refractivity contribution < 1.29 is 8.42 Å². The molecule has 0 bridgehead atoms. The molecule has 0 spiro atoms. The van der Waals surface area contributed by atoms with Gasteiger partial charge in [0, 0.05) is 25.0 Å². The summed E-state index contributed by atoms with van der Waals surface area (Å²) in [6, 6.07) is 1.58. The van der Waals surface area contributed by atoms with E-state index in [1.807, 2.05) is 6.92 Å². The van der Waals surface area contributed by atoms with Crippen LogP contribution in [0.4, 0.5) is 5.69 Å². The Balaban J connectivity index is 2.40. The lowest BCUT2D eigenvalue weighted by Gasteiger charge is -2.26. The first-order valence-electron chi connectivity index (χ1n) is 6.50. The van der Waals surface area contributed by atoms with Gasteiger partial charge in [-0.05, 0) is 25.8 Å². The number of aromatic nitrogens is 1. The molecule has 1 saturated heterocycles. The second-order valence-electron chi connectivity index (χ2n) is 4.83. The van der Waals surface area contributed by atoms with Crippen LogP contribution < -0.4 is 11.3 Å². The summed E-state index contributed by atoms with van der Waals surface area (Å²) >= 11 is 0. The summed E-state index contributed by atoms with van der Waals surface area (Å²) in [5, 5.41) is 0. The van der Waals surface area contributed by atoms with Gasteiger partial charge in [0.15, 0.2) is 0 Å². The average Bonchev–Trinajstić information content (AvgIpc) is 2.63. The molecule has 3 N–H and O–H groups in total. The maximum absolute atomic E-state index is 12.7. The second kappa shape index (κ2) is 5.85. The zero-order chi connectivity index (χ0) is 13.9. The van der Waals surface area contributed by atoms with Crippen molar-refractivity contribution in [1.82, 2.24) is 9.29 Å². The molecule has 2 heterocycles. The SMILES string of the molecule is CC1CCCCCN1S(=O)(=O)c1cnccc1NN. The predicted octanol–water partition coefficient (Wildman–Crippen LogP) is 1.32. The predicted molar refractivity (Wildman–Crippen MR) is 73.9 cm³/mol. The Kier molecular flexibility index (Phi) is 4.38. The number of nitrogens with zero attached hydrogens (tertiary/aromatic N) is 2. The van der Waals surface area contributed by atoms with Gasteiger partial charge in [-0.3, -0.25) is 10.8 Å². The lowest BCUT2D eigenvalue weighted by Crippen LogP contribution is -2.38. The number of hydrazine groups is 1. The molecule has 1 aliphatic rings. The largest absolute Gasteiger partial charge is 0.323 e. The lowest BCUT2D eigenvalue weighted by molar-refractivity contribution is 0.342. The van der Waals surface area contributed by atoms with Gasteiger partial charge in [0.25, 0.3) is 0 Å². The molecule has 0 saturated carbocycles. The first-order valence-corrected chi connectivity index (χ1v) is 7.94. The van der Waals surface area contributed by atoms with E-state index in [0.29, 0.717) is 12.2 Å². The van der Waals surface area contributed by atoms with Crippen molar-refractivity contribution in [1.29, 1.82) is 0 Å². The molecule has 1 aromatic heterocycles. The van der Waals surface area contributed by atoms with Gasteiger partial charge in [-0.25, -0.2) is 8.42 Å². The molecule has 1 unspecified atom stereocenters. The molecule has 0 amide bonds. The summed E-state index contributed by atoms with van der Waals surface area (Å²) in [5.74, 6) is 5.38. The molecule has 106 valence electrons. The lowest BCUT2D eigenvalue weighted by atomic mass is 10.1. The van der Waals surface area contributed by atoms with Crippen LogP contribution in [0.2, 0.25) is 0 Å². The topological polar surface area (TPSA) is 88.3 Å². The van der Waals surface area contributed by atoms with E-state index < -0.39 is 10.0 Å². The molecule has 0 aliphatic carbocycles. The Hall–Kier alpha value is -1.18. The Morgan fingerprint density at radius 1 is 1.42 bits per heavy atom. The van der Waals surface area contributed by atoms with Gasteiger partial charge in [0.1, 0.15) is 4.90 Å². The monoisotopic (exact) mass is 284 g/mol. The summed E-state index contributed by atoms with van der Waals surface area (Å²) in [6.07, 6.45) is 6.80. The van der Waals surface area contributed by atoms with Crippen LogP contribution in [-0.4, -0.2) is 30.3 Å². The van der Waals surface area contributed by atoms with Crippen molar-refractivity contribution >= 4 is 15.7 Å². The number of nitrogens with one attached hydrogen (secondary N) is 1. The first-order chi connectivity index (χ1) is 9.07. The standard InChI is InChI=1S/C12H20N4O2S/c1-10-5-3-2-4-8-16(10)19(17,18)12-9-14-7-6-11(12)15-13/h6-7,9-10H,2-5,8,13H2,1H3,(H,14,15). The van der Waals surface area contributed by atoms with Crippen LogP contribution in [0.5, 0.6) is 0 Å². The molecule has 0 aromatic carbocycles. The van der Waals surface area contributed by atoms with E-state index in [1.54, 1.807) is 10.4 Å². The van der Waals surface area contributed by atoms with Gasteiger partial charge in [0.05, 0.1) is 5.69 Å². The zero-order valence-electron chi connectivity index (χ0n) is 11.0. The highest BCUT2D eigenvalue weighted by Crippen LogP contribution is 2.27. The summed E-state index contributed by atoms with van der Waals surface area (Å²) in [5.41, 5.74) is 2.81. The van der Waals surface area contributed by atoms with Crippen LogP contribution in [0.15, 0.2) is 23.4 Å². The fraction of sp³-hybridized carbons (Fsp3) is 0.583. The van der Waals surface area contributed by atoms with Gasteiger partial charge in [-0.2, -0.15) is 4.31 Å².